The summed E-state index contributed by atoms with van der Waals surface area (Å²) in [4.78, 5) is 0. The average molecular weight is 182 g/mol. The second-order valence-electron chi connectivity index (χ2n) is 4.75. The summed E-state index contributed by atoms with van der Waals surface area (Å²) in [5.74, 6) is 0. The van der Waals surface area contributed by atoms with Gasteiger partial charge in [-0.1, -0.05) is 58.6 Å². The van der Waals surface area contributed by atoms with Gasteiger partial charge in [-0.05, 0) is 25.2 Å². The van der Waals surface area contributed by atoms with E-state index in [1.807, 2.05) is 0 Å². The third-order valence-electron chi connectivity index (χ3n) is 2.61. The van der Waals surface area contributed by atoms with E-state index in [9.17, 15) is 0 Å². The number of hydrogen-bond acceptors (Lipinski definition) is 0. The standard InChI is InChI=1S/C13H26/c1-5-7-9-10-12-13(3,4)11-8-6-2/h6,8H,5,7,9-12H2,1-4H3/b8-6+. The van der Waals surface area contributed by atoms with E-state index < -0.39 is 0 Å². The van der Waals surface area contributed by atoms with Gasteiger partial charge in [-0.25, -0.2) is 0 Å². The maximum absolute atomic E-state index is 2.37. The molecule has 0 aromatic heterocycles. The van der Waals surface area contributed by atoms with Crippen molar-refractivity contribution in [3.05, 3.63) is 12.2 Å². The fourth-order valence-corrected chi connectivity index (χ4v) is 1.57. The minimum absolute atomic E-state index is 0.514. The van der Waals surface area contributed by atoms with Gasteiger partial charge in [0.25, 0.3) is 0 Å². The molecule has 0 atom stereocenters. The van der Waals surface area contributed by atoms with Crippen molar-refractivity contribution in [1.82, 2.24) is 0 Å². The van der Waals surface area contributed by atoms with Crippen LogP contribution >= 0.6 is 0 Å². The molecule has 0 nitrogen and oxygen atoms in total. The molecule has 0 bridgehead atoms. The molecule has 0 aliphatic rings. The maximum Gasteiger partial charge on any atom is -0.0299 e. The van der Waals surface area contributed by atoms with Gasteiger partial charge < -0.3 is 0 Å². The van der Waals surface area contributed by atoms with E-state index in [-0.39, 0.29) is 0 Å². The topological polar surface area (TPSA) is 0 Å². The predicted octanol–water partition coefficient (Wildman–Crippen LogP) is 4.95. The number of unbranched alkanes of at least 4 members (excludes halogenated alkanes) is 3. The molecule has 13 heavy (non-hydrogen) atoms. The van der Waals surface area contributed by atoms with Crippen molar-refractivity contribution in [2.24, 2.45) is 5.41 Å². The van der Waals surface area contributed by atoms with Crippen LogP contribution in [0.3, 0.4) is 0 Å². The third kappa shape index (κ3) is 8.08. The van der Waals surface area contributed by atoms with Crippen LogP contribution < -0.4 is 0 Å². The van der Waals surface area contributed by atoms with Crippen molar-refractivity contribution >= 4 is 0 Å². The van der Waals surface area contributed by atoms with Gasteiger partial charge in [0, 0.05) is 0 Å². The summed E-state index contributed by atoms with van der Waals surface area (Å²) in [5, 5.41) is 0. The maximum atomic E-state index is 2.37. The van der Waals surface area contributed by atoms with Crippen LogP contribution in [0.1, 0.15) is 66.2 Å². The first-order chi connectivity index (χ1) is 6.12. The molecule has 0 fully saturated rings. The average Bonchev–Trinajstić information content (AvgIpc) is 2.09. The monoisotopic (exact) mass is 182 g/mol. The first-order valence-electron chi connectivity index (χ1n) is 5.73. The quantitative estimate of drug-likeness (QED) is 0.386. The van der Waals surface area contributed by atoms with E-state index in [0.29, 0.717) is 5.41 Å². The van der Waals surface area contributed by atoms with Crippen molar-refractivity contribution in [3.8, 4) is 0 Å². The fourth-order valence-electron chi connectivity index (χ4n) is 1.57. The highest BCUT2D eigenvalue weighted by Crippen LogP contribution is 2.28. The largest absolute Gasteiger partial charge is 0.0916 e. The molecule has 0 aromatic carbocycles. The Bertz CT molecular complexity index is 131. The molecule has 0 radical (unpaired) electrons. The van der Waals surface area contributed by atoms with E-state index >= 15 is 0 Å². The molecule has 0 rings (SSSR count). The fraction of sp³-hybridized carbons (Fsp3) is 0.846. The first-order valence-corrected chi connectivity index (χ1v) is 5.73. The molecule has 0 saturated heterocycles. The zero-order valence-corrected chi connectivity index (χ0v) is 9.90. The van der Waals surface area contributed by atoms with Crippen molar-refractivity contribution in [2.75, 3.05) is 0 Å². The lowest BCUT2D eigenvalue weighted by atomic mass is 9.83. The SMILES string of the molecule is C/C=C/CC(C)(C)CCCCCC. The van der Waals surface area contributed by atoms with Gasteiger partial charge in [0.05, 0.1) is 0 Å². The molecule has 0 unspecified atom stereocenters. The van der Waals surface area contributed by atoms with Crippen LogP contribution in [0, 0.1) is 5.41 Å². The smallest absolute Gasteiger partial charge is 0.0299 e. The molecule has 0 heterocycles. The summed E-state index contributed by atoms with van der Waals surface area (Å²) in [6.45, 7) is 9.12. The minimum Gasteiger partial charge on any atom is -0.0916 e. The summed E-state index contributed by atoms with van der Waals surface area (Å²) in [6.07, 6.45) is 12.6. The van der Waals surface area contributed by atoms with Crippen molar-refractivity contribution < 1.29 is 0 Å². The first kappa shape index (κ1) is 12.7. The van der Waals surface area contributed by atoms with Crippen LogP contribution in [-0.2, 0) is 0 Å². The Hall–Kier alpha value is -0.260. The zero-order chi connectivity index (χ0) is 10.2. The van der Waals surface area contributed by atoms with Crippen molar-refractivity contribution in [3.63, 3.8) is 0 Å². The number of hydrogen-bond donors (Lipinski definition) is 0. The number of rotatable bonds is 7. The Morgan fingerprint density at radius 1 is 1.08 bits per heavy atom. The van der Waals surface area contributed by atoms with E-state index in [1.54, 1.807) is 0 Å². The molecule has 0 aliphatic carbocycles. The van der Waals surface area contributed by atoms with Crippen LogP contribution in [0.2, 0.25) is 0 Å². The van der Waals surface area contributed by atoms with Gasteiger partial charge in [-0.2, -0.15) is 0 Å². The van der Waals surface area contributed by atoms with E-state index in [0.717, 1.165) is 0 Å². The van der Waals surface area contributed by atoms with Gasteiger partial charge in [0.15, 0.2) is 0 Å². The van der Waals surface area contributed by atoms with Crippen molar-refractivity contribution in [1.29, 1.82) is 0 Å². The molecular formula is C13H26. The lowest BCUT2D eigenvalue weighted by Gasteiger charge is -2.22. The van der Waals surface area contributed by atoms with E-state index in [1.165, 1.54) is 38.5 Å². The number of allylic oxidation sites excluding steroid dienone is 2. The molecule has 0 aromatic rings. The Balaban J connectivity index is 3.50. The lowest BCUT2D eigenvalue weighted by molar-refractivity contribution is 0.323. The molecule has 0 N–H and O–H groups in total. The van der Waals surface area contributed by atoms with Crippen LogP contribution in [-0.4, -0.2) is 0 Å². The van der Waals surface area contributed by atoms with Gasteiger partial charge in [-0.15, -0.1) is 0 Å². The van der Waals surface area contributed by atoms with Crippen molar-refractivity contribution in [2.45, 2.75) is 66.2 Å². The van der Waals surface area contributed by atoms with Gasteiger partial charge in [0.1, 0.15) is 0 Å². The van der Waals surface area contributed by atoms with Crippen LogP contribution in [0.15, 0.2) is 12.2 Å². The summed E-state index contributed by atoms with van der Waals surface area (Å²) in [5.41, 5.74) is 0.514. The molecule has 0 amide bonds. The summed E-state index contributed by atoms with van der Waals surface area (Å²) < 4.78 is 0. The second-order valence-corrected chi connectivity index (χ2v) is 4.75. The molecule has 0 saturated carbocycles. The van der Waals surface area contributed by atoms with E-state index in [2.05, 4.69) is 39.8 Å². The van der Waals surface area contributed by atoms with E-state index in [4.69, 9.17) is 0 Å². The Labute approximate surface area is 84.4 Å². The highest BCUT2D eigenvalue weighted by Gasteiger charge is 2.14. The lowest BCUT2D eigenvalue weighted by Crippen LogP contribution is -2.09. The summed E-state index contributed by atoms with van der Waals surface area (Å²) in [7, 11) is 0. The Morgan fingerprint density at radius 3 is 2.31 bits per heavy atom. The Morgan fingerprint density at radius 2 is 1.77 bits per heavy atom. The highest BCUT2D eigenvalue weighted by molar-refractivity contribution is 4.84. The molecular weight excluding hydrogens is 156 g/mol. The molecule has 0 aliphatic heterocycles. The highest BCUT2D eigenvalue weighted by atomic mass is 14.2. The third-order valence-corrected chi connectivity index (χ3v) is 2.61. The van der Waals surface area contributed by atoms with Gasteiger partial charge in [-0.3, -0.25) is 0 Å². The molecule has 78 valence electrons. The van der Waals surface area contributed by atoms with Crippen LogP contribution in [0.5, 0.6) is 0 Å². The van der Waals surface area contributed by atoms with Crippen LogP contribution in [0.4, 0.5) is 0 Å². The van der Waals surface area contributed by atoms with Crippen LogP contribution in [0.25, 0.3) is 0 Å². The molecule has 0 spiro atoms. The summed E-state index contributed by atoms with van der Waals surface area (Å²) in [6, 6.07) is 0. The van der Waals surface area contributed by atoms with Gasteiger partial charge >= 0.3 is 0 Å². The molecule has 0 heteroatoms. The summed E-state index contributed by atoms with van der Waals surface area (Å²) >= 11 is 0. The zero-order valence-electron chi connectivity index (χ0n) is 9.90. The van der Waals surface area contributed by atoms with Gasteiger partial charge in [0.2, 0.25) is 0 Å². The normalized spacial score (nSPS) is 12.6. The Kier molecular flexibility index (Phi) is 7.03. The minimum atomic E-state index is 0.514. The second kappa shape index (κ2) is 7.17. The predicted molar refractivity (Wildman–Crippen MR) is 62.0 cm³/mol.